The number of nitrogens with one attached hydrogen (secondary N) is 3. The zero-order valence-electron chi connectivity index (χ0n) is 9.84. The SMILES string of the molecule is Cc1ccc([As]=C2NCCN2)c2c1NCCO2. The summed E-state index contributed by atoms with van der Waals surface area (Å²) in [6.07, 6.45) is 0. The molecule has 2 aliphatic heterocycles. The van der Waals surface area contributed by atoms with Crippen LogP contribution in [-0.4, -0.2) is 46.1 Å². The van der Waals surface area contributed by atoms with Crippen LogP contribution in [0.2, 0.25) is 0 Å². The van der Waals surface area contributed by atoms with Crippen molar-refractivity contribution < 1.29 is 4.74 Å². The summed E-state index contributed by atoms with van der Waals surface area (Å²) in [5.74, 6) is 1.07. The van der Waals surface area contributed by atoms with Crippen LogP contribution < -0.4 is 25.0 Å². The molecule has 0 saturated carbocycles. The van der Waals surface area contributed by atoms with Crippen LogP contribution in [0.1, 0.15) is 5.56 Å². The van der Waals surface area contributed by atoms with Crippen molar-refractivity contribution in [1.82, 2.24) is 10.6 Å². The number of rotatable bonds is 1. The Morgan fingerprint density at radius 1 is 1.12 bits per heavy atom. The number of hydrogen-bond acceptors (Lipinski definition) is 4. The second kappa shape index (κ2) is 4.81. The Morgan fingerprint density at radius 2 is 1.94 bits per heavy atom. The molecule has 1 saturated heterocycles. The number of fused-ring (bicyclic) bond motifs is 1. The fourth-order valence-corrected chi connectivity index (χ4v) is 4.28. The number of ether oxygens (including phenoxy) is 1. The fraction of sp³-hybridized carbons (Fsp3) is 0.417. The van der Waals surface area contributed by atoms with Gasteiger partial charge in [-0.15, -0.1) is 0 Å². The van der Waals surface area contributed by atoms with Crippen molar-refractivity contribution in [2.24, 2.45) is 0 Å². The number of anilines is 1. The third-order valence-corrected chi connectivity index (χ3v) is 5.31. The van der Waals surface area contributed by atoms with E-state index in [1.165, 1.54) is 20.2 Å². The van der Waals surface area contributed by atoms with Crippen LogP contribution in [0.4, 0.5) is 5.69 Å². The summed E-state index contributed by atoms with van der Waals surface area (Å²) in [5.41, 5.74) is 2.45. The molecule has 0 radical (unpaired) electrons. The second-order valence-electron chi connectivity index (χ2n) is 4.19. The second-order valence-corrected chi connectivity index (χ2v) is 6.61. The van der Waals surface area contributed by atoms with Crippen molar-refractivity contribution in [3.05, 3.63) is 17.7 Å². The molecule has 1 aromatic carbocycles. The molecule has 0 aromatic heterocycles. The average molecular weight is 293 g/mol. The molecule has 0 unspecified atom stereocenters. The van der Waals surface area contributed by atoms with E-state index in [1.54, 1.807) is 0 Å². The van der Waals surface area contributed by atoms with E-state index < -0.39 is 0 Å². The Labute approximate surface area is 107 Å². The number of aryl methyl sites for hydroxylation is 1. The van der Waals surface area contributed by atoms with Crippen molar-refractivity contribution in [3.8, 4) is 5.75 Å². The quantitative estimate of drug-likeness (QED) is 0.606. The van der Waals surface area contributed by atoms with Crippen molar-refractivity contribution in [1.29, 1.82) is 0 Å². The van der Waals surface area contributed by atoms with E-state index in [-0.39, 0.29) is 15.3 Å². The molecule has 3 N–H and O–H groups in total. The van der Waals surface area contributed by atoms with Crippen LogP contribution in [0.15, 0.2) is 12.1 Å². The first-order chi connectivity index (χ1) is 8.34. The van der Waals surface area contributed by atoms with Gasteiger partial charge < -0.3 is 0 Å². The summed E-state index contributed by atoms with van der Waals surface area (Å²) in [7, 11) is 0. The van der Waals surface area contributed by atoms with Crippen molar-refractivity contribution in [3.63, 3.8) is 0 Å². The minimum atomic E-state index is -0.0190. The molecule has 0 amide bonds. The standard InChI is InChI=1S/C12H16AsN3O/c1-8-2-3-9(13-12-15-4-5-16-12)11-10(8)14-6-7-17-11/h2-3,14-16H,4-7H2,1H3. The summed E-state index contributed by atoms with van der Waals surface area (Å²) in [6.45, 7) is 5.87. The van der Waals surface area contributed by atoms with Crippen molar-refractivity contribution >= 4 is 29.9 Å². The Bertz CT molecular complexity index is 465. The van der Waals surface area contributed by atoms with E-state index in [0.29, 0.717) is 0 Å². The molecule has 17 heavy (non-hydrogen) atoms. The van der Waals surface area contributed by atoms with Crippen LogP contribution in [0.3, 0.4) is 0 Å². The molecular weight excluding hydrogens is 277 g/mol. The zero-order valence-corrected chi connectivity index (χ0v) is 11.7. The van der Waals surface area contributed by atoms with Gasteiger partial charge in [0.2, 0.25) is 0 Å². The summed E-state index contributed by atoms with van der Waals surface area (Å²) < 4.78 is 8.47. The van der Waals surface area contributed by atoms with E-state index in [9.17, 15) is 0 Å². The summed E-state index contributed by atoms with van der Waals surface area (Å²) in [4.78, 5) is 0. The van der Waals surface area contributed by atoms with E-state index in [0.717, 1.165) is 32.0 Å². The molecule has 2 aliphatic rings. The van der Waals surface area contributed by atoms with E-state index in [1.807, 2.05) is 0 Å². The first-order valence-corrected chi connectivity index (χ1v) is 7.79. The molecule has 0 atom stereocenters. The molecule has 2 heterocycles. The van der Waals surface area contributed by atoms with Gasteiger partial charge in [0, 0.05) is 0 Å². The predicted octanol–water partition coefficient (Wildman–Crippen LogP) is -0.591. The third-order valence-electron chi connectivity index (χ3n) is 2.94. The van der Waals surface area contributed by atoms with Crippen LogP contribution in [0.25, 0.3) is 0 Å². The molecular formula is C12H16AsN3O. The molecule has 0 bridgehead atoms. The van der Waals surface area contributed by atoms with Crippen LogP contribution in [0.5, 0.6) is 5.75 Å². The molecule has 4 nitrogen and oxygen atoms in total. The predicted molar refractivity (Wildman–Crippen MR) is 71.6 cm³/mol. The maximum atomic E-state index is 5.84. The molecule has 90 valence electrons. The van der Waals surface area contributed by atoms with Gasteiger partial charge in [-0.1, -0.05) is 0 Å². The van der Waals surface area contributed by atoms with Crippen molar-refractivity contribution in [2.45, 2.75) is 6.92 Å². The van der Waals surface area contributed by atoms with Gasteiger partial charge in [-0.05, 0) is 0 Å². The van der Waals surface area contributed by atoms with Gasteiger partial charge in [-0.2, -0.15) is 0 Å². The van der Waals surface area contributed by atoms with E-state index in [4.69, 9.17) is 4.74 Å². The molecule has 1 fully saturated rings. The van der Waals surface area contributed by atoms with Gasteiger partial charge in [-0.25, -0.2) is 0 Å². The van der Waals surface area contributed by atoms with Crippen LogP contribution in [0, 0.1) is 6.92 Å². The van der Waals surface area contributed by atoms with Gasteiger partial charge in [0.05, 0.1) is 0 Å². The van der Waals surface area contributed by atoms with Gasteiger partial charge in [0.25, 0.3) is 0 Å². The zero-order chi connectivity index (χ0) is 11.7. The Balaban J connectivity index is 2.02. The average Bonchev–Trinajstić information content (AvgIpc) is 2.86. The van der Waals surface area contributed by atoms with E-state index in [2.05, 4.69) is 35.0 Å². The van der Waals surface area contributed by atoms with Gasteiger partial charge in [0.1, 0.15) is 0 Å². The van der Waals surface area contributed by atoms with Crippen LogP contribution >= 0.6 is 0 Å². The number of hydrogen-bond donors (Lipinski definition) is 3. The third kappa shape index (κ3) is 2.25. The normalized spacial score (nSPS) is 18.8. The molecule has 1 aromatic rings. The van der Waals surface area contributed by atoms with Crippen LogP contribution in [-0.2, 0) is 0 Å². The molecule has 0 spiro atoms. The summed E-state index contributed by atoms with van der Waals surface area (Å²) in [6, 6.07) is 4.39. The first-order valence-electron chi connectivity index (χ1n) is 5.91. The molecule has 3 rings (SSSR count). The topological polar surface area (TPSA) is 45.3 Å². The monoisotopic (exact) mass is 293 g/mol. The van der Waals surface area contributed by atoms with Gasteiger partial charge >= 0.3 is 107 Å². The Kier molecular flexibility index (Phi) is 3.19. The maximum absolute atomic E-state index is 5.84. The summed E-state index contributed by atoms with van der Waals surface area (Å²) >= 11 is -0.0190. The van der Waals surface area contributed by atoms with Crippen molar-refractivity contribution in [2.75, 3.05) is 31.6 Å². The van der Waals surface area contributed by atoms with Gasteiger partial charge in [-0.3, -0.25) is 0 Å². The molecule has 0 aliphatic carbocycles. The Morgan fingerprint density at radius 3 is 2.76 bits per heavy atom. The minimum absolute atomic E-state index is 0.0190. The summed E-state index contributed by atoms with van der Waals surface area (Å²) in [5, 5.41) is 10.2. The van der Waals surface area contributed by atoms with Gasteiger partial charge in [0.15, 0.2) is 0 Å². The van der Waals surface area contributed by atoms with E-state index >= 15 is 0 Å². The first kappa shape index (κ1) is 11.3. The fourth-order valence-electron chi connectivity index (χ4n) is 2.08. The number of benzene rings is 1. The Hall–Kier alpha value is -0.832. The molecule has 5 heteroatoms.